The zero-order valence-electron chi connectivity index (χ0n) is 16.0. The van der Waals surface area contributed by atoms with Gasteiger partial charge in [-0.15, -0.1) is 0 Å². The minimum absolute atomic E-state index is 0.0119. The average molecular weight is 430 g/mol. The number of anilines is 1. The number of aryl methyl sites for hydroxylation is 1. The maximum atomic E-state index is 12.3. The molecule has 0 aliphatic carbocycles. The molecule has 0 radical (unpaired) electrons. The van der Waals surface area contributed by atoms with E-state index in [4.69, 9.17) is 16.3 Å². The van der Waals surface area contributed by atoms with Gasteiger partial charge in [-0.25, -0.2) is 4.98 Å². The summed E-state index contributed by atoms with van der Waals surface area (Å²) in [7, 11) is 1.34. The number of methoxy groups -OCH3 is 1. The molecule has 1 aromatic heterocycles. The lowest BCUT2D eigenvalue weighted by Gasteiger charge is -2.11. The highest BCUT2D eigenvalue weighted by Crippen LogP contribution is 2.27. The molecule has 3 aromatic rings. The van der Waals surface area contributed by atoms with Crippen LogP contribution in [-0.4, -0.2) is 34.3 Å². The van der Waals surface area contributed by atoms with Crippen molar-refractivity contribution < 1.29 is 14.3 Å². The van der Waals surface area contributed by atoms with E-state index in [1.54, 1.807) is 35.0 Å². The van der Waals surface area contributed by atoms with Crippen molar-refractivity contribution in [3.63, 3.8) is 0 Å². The number of nitrogens with zero attached hydrogens (tertiary/aromatic N) is 2. The Kier molecular flexibility index (Phi) is 6.95. The normalized spacial score (nSPS) is 10.6. The Morgan fingerprint density at radius 3 is 2.66 bits per heavy atom. The molecule has 0 atom stereocenters. The standard InChI is InChI=1S/C21H20ClN3O3S/c1-14-6-8-15(9-7-14)18-11-23-21(25(18)12-20(27)28-2)29-13-19(26)24-17-5-3-4-16(22)10-17/h3-11H,12-13H2,1-2H3,(H,24,26). The Balaban J connectivity index is 1.76. The molecule has 0 aliphatic rings. The molecular formula is C21H20ClN3O3S. The van der Waals surface area contributed by atoms with Gasteiger partial charge in [-0.3, -0.25) is 9.59 Å². The van der Waals surface area contributed by atoms with Crippen LogP contribution in [0.15, 0.2) is 59.9 Å². The van der Waals surface area contributed by atoms with E-state index < -0.39 is 0 Å². The van der Waals surface area contributed by atoms with Gasteiger partial charge in [0.05, 0.1) is 24.8 Å². The third-order valence-corrected chi connectivity index (χ3v) is 5.35. The molecule has 0 saturated carbocycles. The third-order valence-electron chi connectivity index (χ3n) is 4.12. The summed E-state index contributed by atoms with van der Waals surface area (Å²) in [5.41, 5.74) is 3.48. The smallest absolute Gasteiger partial charge is 0.325 e. The molecule has 0 unspecified atom stereocenters. The number of carbonyl (C=O) groups is 2. The Bertz CT molecular complexity index is 1020. The predicted octanol–water partition coefficient (Wildman–Crippen LogP) is 4.42. The quantitative estimate of drug-likeness (QED) is 0.444. The Morgan fingerprint density at radius 2 is 1.97 bits per heavy atom. The number of esters is 1. The van der Waals surface area contributed by atoms with E-state index in [0.29, 0.717) is 15.9 Å². The van der Waals surface area contributed by atoms with Gasteiger partial charge in [-0.1, -0.05) is 59.3 Å². The van der Waals surface area contributed by atoms with Gasteiger partial charge in [0.25, 0.3) is 0 Å². The Morgan fingerprint density at radius 1 is 1.21 bits per heavy atom. The Labute approximate surface area is 178 Å². The van der Waals surface area contributed by atoms with Crippen LogP contribution in [0.2, 0.25) is 5.02 Å². The van der Waals surface area contributed by atoms with E-state index >= 15 is 0 Å². The van der Waals surface area contributed by atoms with Crippen LogP contribution in [-0.2, 0) is 20.9 Å². The maximum absolute atomic E-state index is 12.3. The number of rotatable bonds is 7. The summed E-state index contributed by atoms with van der Waals surface area (Å²) in [4.78, 5) is 28.6. The lowest BCUT2D eigenvalue weighted by Crippen LogP contribution is -2.16. The van der Waals surface area contributed by atoms with E-state index in [0.717, 1.165) is 16.8 Å². The molecule has 29 heavy (non-hydrogen) atoms. The van der Waals surface area contributed by atoms with E-state index in [2.05, 4.69) is 10.3 Å². The number of hydrogen-bond donors (Lipinski definition) is 1. The first-order valence-corrected chi connectivity index (χ1v) is 10.2. The number of hydrogen-bond acceptors (Lipinski definition) is 5. The van der Waals surface area contributed by atoms with Crippen molar-refractivity contribution >= 4 is 40.9 Å². The summed E-state index contributed by atoms with van der Waals surface area (Å²) in [5.74, 6) is -0.443. The molecule has 0 spiro atoms. The molecule has 0 bridgehead atoms. The van der Waals surface area contributed by atoms with Crippen molar-refractivity contribution in [2.45, 2.75) is 18.6 Å². The van der Waals surface area contributed by atoms with Crippen molar-refractivity contribution in [3.05, 3.63) is 65.3 Å². The first-order chi connectivity index (χ1) is 14.0. The highest BCUT2D eigenvalue weighted by atomic mass is 35.5. The van der Waals surface area contributed by atoms with Crippen molar-refractivity contribution in [1.82, 2.24) is 9.55 Å². The van der Waals surface area contributed by atoms with Crippen molar-refractivity contribution in [3.8, 4) is 11.3 Å². The second-order valence-electron chi connectivity index (χ2n) is 6.30. The second kappa shape index (κ2) is 9.62. The topological polar surface area (TPSA) is 73.2 Å². The third kappa shape index (κ3) is 5.62. The van der Waals surface area contributed by atoms with E-state index in [9.17, 15) is 9.59 Å². The fourth-order valence-corrected chi connectivity index (χ4v) is 3.64. The number of benzene rings is 2. The van der Waals surface area contributed by atoms with Crippen LogP contribution in [0.25, 0.3) is 11.3 Å². The van der Waals surface area contributed by atoms with Crippen LogP contribution in [0.5, 0.6) is 0 Å². The molecule has 1 amide bonds. The highest BCUT2D eigenvalue weighted by molar-refractivity contribution is 7.99. The van der Waals surface area contributed by atoms with E-state index in [-0.39, 0.29) is 24.2 Å². The first-order valence-electron chi connectivity index (χ1n) is 8.84. The zero-order valence-corrected chi connectivity index (χ0v) is 17.6. The SMILES string of the molecule is COC(=O)Cn1c(-c2ccc(C)cc2)cnc1SCC(=O)Nc1cccc(Cl)c1. The lowest BCUT2D eigenvalue weighted by atomic mass is 10.1. The molecule has 150 valence electrons. The molecule has 6 nitrogen and oxygen atoms in total. The van der Waals surface area contributed by atoms with Crippen LogP contribution in [0.4, 0.5) is 5.69 Å². The molecule has 1 N–H and O–H groups in total. The van der Waals surface area contributed by atoms with Gasteiger partial charge in [0.1, 0.15) is 6.54 Å². The summed E-state index contributed by atoms with van der Waals surface area (Å²) >= 11 is 7.19. The van der Waals surface area contributed by atoms with Gasteiger partial charge >= 0.3 is 5.97 Å². The number of ether oxygens (including phenoxy) is 1. The van der Waals surface area contributed by atoms with E-state index in [1.807, 2.05) is 31.2 Å². The summed E-state index contributed by atoms with van der Waals surface area (Å²) < 4.78 is 6.57. The highest BCUT2D eigenvalue weighted by Gasteiger charge is 2.17. The lowest BCUT2D eigenvalue weighted by molar-refractivity contribution is -0.141. The predicted molar refractivity (Wildman–Crippen MR) is 115 cm³/mol. The number of thioether (sulfide) groups is 1. The minimum Gasteiger partial charge on any atom is -0.468 e. The van der Waals surface area contributed by atoms with Crippen LogP contribution in [0.1, 0.15) is 5.56 Å². The van der Waals surface area contributed by atoms with Crippen LogP contribution in [0, 0.1) is 6.92 Å². The summed E-state index contributed by atoms with van der Waals surface area (Å²) in [6.07, 6.45) is 1.70. The van der Waals surface area contributed by atoms with Crippen LogP contribution < -0.4 is 5.32 Å². The molecule has 0 fully saturated rings. The molecule has 0 aliphatic heterocycles. The summed E-state index contributed by atoms with van der Waals surface area (Å²) in [5, 5.41) is 3.91. The first kappa shape index (κ1) is 21.0. The maximum Gasteiger partial charge on any atom is 0.325 e. The Hall–Kier alpha value is -2.77. The van der Waals surface area contributed by atoms with Crippen molar-refractivity contribution in [2.24, 2.45) is 0 Å². The average Bonchev–Trinajstić information content (AvgIpc) is 3.09. The fourth-order valence-electron chi connectivity index (χ4n) is 2.67. The monoisotopic (exact) mass is 429 g/mol. The molecule has 8 heteroatoms. The molecule has 1 heterocycles. The van der Waals surface area contributed by atoms with Crippen LogP contribution >= 0.6 is 23.4 Å². The van der Waals surface area contributed by atoms with Gasteiger partial charge in [0.2, 0.25) is 5.91 Å². The van der Waals surface area contributed by atoms with E-state index in [1.165, 1.54) is 18.9 Å². The zero-order chi connectivity index (χ0) is 20.8. The second-order valence-corrected chi connectivity index (χ2v) is 7.68. The number of carbonyl (C=O) groups excluding carboxylic acids is 2. The van der Waals surface area contributed by atoms with Gasteiger partial charge in [0.15, 0.2) is 5.16 Å². The van der Waals surface area contributed by atoms with Gasteiger partial charge in [-0.05, 0) is 30.7 Å². The van der Waals surface area contributed by atoms with Crippen LogP contribution in [0.3, 0.4) is 0 Å². The summed E-state index contributed by atoms with van der Waals surface area (Å²) in [6.45, 7) is 2.02. The molecular weight excluding hydrogens is 410 g/mol. The van der Waals surface area contributed by atoms with Gasteiger partial charge in [0, 0.05) is 10.7 Å². The number of amides is 1. The van der Waals surface area contributed by atoms with Gasteiger partial charge < -0.3 is 14.6 Å². The summed E-state index contributed by atoms with van der Waals surface area (Å²) in [6, 6.07) is 14.9. The number of aromatic nitrogens is 2. The number of nitrogens with one attached hydrogen (secondary N) is 1. The largest absolute Gasteiger partial charge is 0.468 e. The minimum atomic E-state index is -0.387. The number of halogens is 1. The molecule has 2 aromatic carbocycles. The van der Waals surface area contributed by atoms with Crippen molar-refractivity contribution in [2.75, 3.05) is 18.2 Å². The molecule has 0 saturated heterocycles. The molecule has 3 rings (SSSR count). The fraction of sp³-hybridized carbons (Fsp3) is 0.190. The van der Waals surface area contributed by atoms with Crippen molar-refractivity contribution in [1.29, 1.82) is 0 Å². The van der Waals surface area contributed by atoms with Gasteiger partial charge in [-0.2, -0.15) is 0 Å². The number of imidazole rings is 1.